The lowest BCUT2D eigenvalue weighted by molar-refractivity contribution is 0.795. The van der Waals surface area contributed by atoms with Gasteiger partial charge in [0, 0.05) is 0 Å². The van der Waals surface area contributed by atoms with Crippen LogP contribution in [-0.4, -0.2) is 25.0 Å². The van der Waals surface area contributed by atoms with E-state index in [1.807, 2.05) is 11.6 Å². The van der Waals surface area contributed by atoms with Crippen molar-refractivity contribution < 1.29 is 0 Å². The molecule has 0 atom stereocenters. The number of hydrogen-bond donors (Lipinski definition) is 1. The van der Waals surface area contributed by atoms with Crippen LogP contribution in [0.1, 0.15) is 27.8 Å². The summed E-state index contributed by atoms with van der Waals surface area (Å²) in [6, 6.07) is 6.30. The number of benzene rings is 1. The molecule has 1 aromatic carbocycles. The van der Waals surface area contributed by atoms with Gasteiger partial charge in [-0.1, -0.05) is 23.5 Å². The summed E-state index contributed by atoms with van der Waals surface area (Å²) in [6.45, 7) is 6.02. The molecule has 7 heteroatoms. The van der Waals surface area contributed by atoms with Gasteiger partial charge in [0.05, 0.1) is 12.1 Å². The van der Waals surface area contributed by atoms with E-state index in [0.717, 1.165) is 27.9 Å². The van der Waals surface area contributed by atoms with Gasteiger partial charge < -0.3 is 5.73 Å². The number of hydrogen-bond acceptors (Lipinski definition) is 6. The second kappa shape index (κ2) is 5.25. The fourth-order valence-electron chi connectivity index (χ4n) is 2.19. The molecule has 0 bridgehead atoms. The highest BCUT2D eigenvalue weighted by Gasteiger charge is 2.14. The topological polar surface area (TPSA) is 82.5 Å². The Bertz CT molecular complexity index is 789. The molecule has 0 amide bonds. The monoisotopic (exact) mass is 300 g/mol. The summed E-state index contributed by atoms with van der Waals surface area (Å²) < 4.78 is 1.88. The predicted molar refractivity (Wildman–Crippen MR) is 82.7 cm³/mol. The summed E-state index contributed by atoms with van der Waals surface area (Å²) in [6.07, 6.45) is 0.573. The van der Waals surface area contributed by atoms with Crippen molar-refractivity contribution in [3.63, 3.8) is 0 Å². The van der Waals surface area contributed by atoms with Gasteiger partial charge in [-0.05, 0) is 38.0 Å². The number of nitrogens with two attached hydrogens (primary N) is 1. The van der Waals surface area contributed by atoms with Crippen molar-refractivity contribution in [3.8, 4) is 5.69 Å². The molecule has 0 saturated heterocycles. The molecule has 0 fully saturated rings. The van der Waals surface area contributed by atoms with Gasteiger partial charge in [-0.2, -0.15) is 5.10 Å². The molecule has 3 aromatic rings. The van der Waals surface area contributed by atoms with E-state index in [1.165, 1.54) is 16.9 Å². The summed E-state index contributed by atoms with van der Waals surface area (Å²) in [4.78, 5) is 4.51. The van der Waals surface area contributed by atoms with Gasteiger partial charge in [0.1, 0.15) is 16.7 Å². The molecule has 0 unspecified atom stereocenters. The second-order valence-corrected chi connectivity index (χ2v) is 6.08. The molecule has 0 radical (unpaired) electrons. The molecule has 0 saturated carbocycles. The normalized spacial score (nSPS) is 11.0. The smallest absolute Gasteiger partial charge is 0.203 e. The Labute approximate surface area is 126 Å². The van der Waals surface area contributed by atoms with Crippen molar-refractivity contribution in [1.29, 1.82) is 0 Å². The quantitative estimate of drug-likeness (QED) is 0.802. The molecule has 3 rings (SSSR count). The van der Waals surface area contributed by atoms with Crippen LogP contribution in [0, 0.1) is 20.8 Å². The molecular weight excluding hydrogens is 284 g/mol. The molecule has 0 aliphatic rings. The average molecular weight is 300 g/mol. The molecule has 0 aliphatic carbocycles. The maximum Gasteiger partial charge on any atom is 0.203 e. The lowest BCUT2D eigenvalue weighted by Crippen LogP contribution is -2.06. The van der Waals surface area contributed by atoms with Crippen molar-refractivity contribution in [3.05, 3.63) is 46.0 Å². The van der Waals surface area contributed by atoms with E-state index in [-0.39, 0.29) is 0 Å². The number of aryl methyl sites for hydroxylation is 3. The lowest BCUT2D eigenvalue weighted by atomic mass is 10.1. The number of nitrogens with zero attached hydrogens (tertiary/aromatic N) is 5. The highest BCUT2D eigenvalue weighted by atomic mass is 32.1. The minimum Gasteiger partial charge on any atom is -0.374 e. The van der Waals surface area contributed by atoms with E-state index in [2.05, 4.69) is 52.3 Å². The minimum absolute atomic E-state index is 0.472. The standard InChI is InChI=1S/C14H16N6S/c1-8-4-5-9(2)11(6-8)20-12(16-10(3)19-20)7-13-17-18-14(15)21-13/h4-6H,7H2,1-3H3,(H2,15,18). The van der Waals surface area contributed by atoms with E-state index in [1.54, 1.807) is 0 Å². The number of anilines is 1. The fourth-order valence-corrected chi connectivity index (χ4v) is 2.79. The molecule has 0 aliphatic heterocycles. The summed E-state index contributed by atoms with van der Waals surface area (Å²) in [5.41, 5.74) is 9.02. The highest BCUT2D eigenvalue weighted by molar-refractivity contribution is 7.15. The molecular formula is C14H16N6S. The Balaban J connectivity index is 2.05. The third-order valence-corrected chi connectivity index (χ3v) is 3.92. The molecule has 21 heavy (non-hydrogen) atoms. The summed E-state index contributed by atoms with van der Waals surface area (Å²) >= 11 is 1.38. The second-order valence-electron chi connectivity index (χ2n) is 4.99. The zero-order chi connectivity index (χ0) is 15.0. The van der Waals surface area contributed by atoms with Gasteiger partial charge in [0.2, 0.25) is 5.13 Å². The average Bonchev–Trinajstić information content (AvgIpc) is 2.99. The Kier molecular flexibility index (Phi) is 3.42. The van der Waals surface area contributed by atoms with Gasteiger partial charge in [-0.15, -0.1) is 10.2 Å². The Morgan fingerprint density at radius 1 is 1.19 bits per heavy atom. The summed E-state index contributed by atoms with van der Waals surface area (Å²) in [7, 11) is 0. The van der Waals surface area contributed by atoms with E-state index in [9.17, 15) is 0 Å². The SMILES string of the molecule is Cc1ccc(C)c(-n2nc(C)nc2Cc2nnc(N)s2)c1. The Morgan fingerprint density at radius 2 is 2.00 bits per heavy atom. The van der Waals surface area contributed by atoms with Crippen LogP contribution in [0.3, 0.4) is 0 Å². The van der Waals surface area contributed by atoms with E-state index in [4.69, 9.17) is 5.73 Å². The summed E-state index contributed by atoms with van der Waals surface area (Å²) in [5.74, 6) is 1.58. The van der Waals surface area contributed by atoms with Crippen LogP contribution in [0.25, 0.3) is 5.69 Å². The molecule has 2 heterocycles. The molecule has 108 valence electrons. The minimum atomic E-state index is 0.472. The Morgan fingerprint density at radius 3 is 2.71 bits per heavy atom. The van der Waals surface area contributed by atoms with Crippen LogP contribution in [0.4, 0.5) is 5.13 Å². The van der Waals surface area contributed by atoms with E-state index >= 15 is 0 Å². The van der Waals surface area contributed by atoms with E-state index in [0.29, 0.717) is 11.6 Å². The van der Waals surface area contributed by atoms with Crippen LogP contribution >= 0.6 is 11.3 Å². The summed E-state index contributed by atoms with van der Waals surface area (Å²) in [5, 5.41) is 13.7. The van der Waals surface area contributed by atoms with E-state index < -0.39 is 0 Å². The molecule has 6 nitrogen and oxygen atoms in total. The van der Waals surface area contributed by atoms with Crippen molar-refractivity contribution in [1.82, 2.24) is 25.0 Å². The molecule has 0 spiro atoms. The molecule has 2 aromatic heterocycles. The molecule has 2 N–H and O–H groups in total. The van der Waals surface area contributed by atoms with Gasteiger partial charge in [0.25, 0.3) is 0 Å². The van der Waals surface area contributed by atoms with Crippen molar-refractivity contribution in [2.75, 3.05) is 5.73 Å². The van der Waals surface area contributed by atoms with Crippen LogP contribution in [0.2, 0.25) is 0 Å². The Hall–Kier alpha value is -2.28. The first-order valence-electron chi connectivity index (χ1n) is 6.61. The van der Waals surface area contributed by atoms with Crippen LogP contribution < -0.4 is 5.73 Å². The van der Waals surface area contributed by atoms with Crippen LogP contribution in [-0.2, 0) is 6.42 Å². The maximum atomic E-state index is 5.63. The predicted octanol–water partition coefficient (Wildman–Crippen LogP) is 2.22. The maximum absolute atomic E-state index is 5.63. The van der Waals surface area contributed by atoms with Crippen LogP contribution in [0.15, 0.2) is 18.2 Å². The van der Waals surface area contributed by atoms with Crippen molar-refractivity contribution in [2.45, 2.75) is 27.2 Å². The highest BCUT2D eigenvalue weighted by Crippen LogP contribution is 2.20. The van der Waals surface area contributed by atoms with Gasteiger partial charge >= 0.3 is 0 Å². The third kappa shape index (κ3) is 2.78. The van der Waals surface area contributed by atoms with Crippen molar-refractivity contribution >= 4 is 16.5 Å². The number of rotatable bonds is 3. The first-order chi connectivity index (χ1) is 10.0. The lowest BCUT2D eigenvalue weighted by Gasteiger charge is -2.09. The number of nitrogen functional groups attached to an aromatic ring is 1. The van der Waals surface area contributed by atoms with Gasteiger partial charge in [-0.3, -0.25) is 0 Å². The van der Waals surface area contributed by atoms with Gasteiger partial charge in [-0.25, -0.2) is 9.67 Å². The zero-order valence-electron chi connectivity index (χ0n) is 12.2. The first kappa shape index (κ1) is 13.7. The zero-order valence-corrected chi connectivity index (χ0v) is 13.0. The number of aromatic nitrogens is 5. The van der Waals surface area contributed by atoms with Gasteiger partial charge in [0.15, 0.2) is 0 Å². The van der Waals surface area contributed by atoms with Crippen LogP contribution in [0.5, 0.6) is 0 Å². The van der Waals surface area contributed by atoms with Crippen molar-refractivity contribution in [2.24, 2.45) is 0 Å². The first-order valence-corrected chi connectivity index (χ1v) is 7.42. The third-order valence-electron chi connectivity index (χ3n) is 3.16. The largest absolute Gasteiger partial charge is 0.374 e. The fraction of sp³-hybridized carbons (Fsp3) is 0.286.